The van der Waals surface area contributed by atoms with Crippen molar-refractivity contribution in [3.8, 4) is 0 Å². The number of piperazine rings is 1. The minimum atomic E-state index is -0.122. The Bertz CT molecular complexity index is 500. The lowest BCUT2D eigenvalue weighted by Crippen LogP contribution is -2.50. The number of halogens is 2. The summed E-state index contributed by atoms with van der Waals surface area (Å²) < 4.78 is 0. The summed E-state index contributed by atoms with van der Waals surface area (Å²) in [6.45, 7) is 8.78. The molecule has 1 aliphatic heterocycles. The van der Waals surface area contributed by atoms with Gasteiger partial charge in [0, 0.05) is 37.7 Å². The average molecular weight is 330 g/mol. The van der Waals surface area contributed by atoms with Gasteiger partial charge in [-0.1, -0.05) is 37.0 Å². The fourth-order valence-corrected chi connectivity index (χ4v) is 2.77. The summed E-state index contributed by atoms with van der Waals surface area (Å²) in [5.74, 6) is 0.649. The van der Waals surface area contributed by atoms with E-state index in [-0.39, 0.29) is 6.03 Å². The van der Waals surface area contributed by atoms with Crippen molar-refractivity contribution in [2.24, 2.45) is 5.92 Å². The van der Waals surface area contributed by atoms with E-state index in [1.54, 1.807) is 18.2 Å². The van der Waals surface area contributed by atoms with Gasteiger partial charge in [-0.3, -0.25) is 4.90 Å². The third-order valence-corrected chi connectivity index (χ3v) is 4.02. The first-order valence-electron chi connectivity index (χ1n) is 7.19. The predicted molar refractivity (Wildman–Crippen MR) is 88.3 cm³/mol. The van der Waals surface area contributed by atoms with Gasteiger partial charge in [0.2, 0.25) is 0 Å². The number of benzene rings is 1. The highest BCUT2D eigenvalue weighted by Crippen LogP contribution is 2.25. The van der Waals surface area contributed by atoms with Crippen LogP contribution in [-0.4, -0.2) is 48.6 Å². The zero-order chi connectivity index (χ0) is 15.4. The van der Waals surface area contributed by atoms with Gasteiger partial charge in [0.15, 0.2) is 0 Å². The molecule has 0 aliphatic carbocycles. The highest BCUT2D eigenvalue weighted by atomic mass is 35.5. The number of urea groups is 1. The second-order valence-corrected chi connectivity index (χ2v) is 6.58. The Morgan fingerprint density at radius 1 is 1.24 bits per heavy atom. The van der Waals surface area contributed by atoms with Crippen LogP contribution >= 0.6 is 23.2 Å². The Kier molecular flexibility index (Phi) is 5.73. The second-order valence-electron chi connectivity index (χ2n) is 5.74. The molecule has 4 nitrogen and oxygen atoms in total. The van der Waals surface area contributed by atoms with Gasteiger partial charge in [-0.15, -0.1) is 0 Å². The summed E-state index contributed by atoms with van der Waals surface area (Å²) >= 11 is 12.0. The largest absolute Gasteiger partial charge is 0.322 e. The summed E-state index contributed by atoms with van der Waals surface area (Å²) in [6.07, 6.45) is 0. The maximum atomic E-state index is 12.3. The van der Waals surface area contributed by atoms with Crippen molar-refractivity contribution in [1.29, 1.82) is 0 Å². The van der Waals surface area contributed by atoms with Crippen LogP contribution in [0.4, 0.5) is 10.5 Å². The minimum absolute atomic E-state index is 0.122. The van der Waals surface area contributed by atoms with Crippen LogP contribution in [0.15, 0.2) is 18.2 Å². The van der Waals surface area contributed by atoms with Crippen molar-refractivity contribution in [3.63, 3.8) is 0 Å². The van der Waals surface area contributed by atoms with Gasteiger partial charge in [-0.25, -0.2) is 4.79 Å². The number of nitrogens with one attached hydrogen (secondary N) is 1. The third-order valence-electron chi connectivity index (χ3n) is 3.45. The molecular formula is C15H21Cl2N3O. The van der Waals surface area contributed by atoms with Gasteiger partial charge in [-0.05, 0) is 24.1 Å². The standard InChI is InChI=1S/C15H21Cl2N3O/c1-11(2)10-19-5-7-20(8-6-19)15(21)18-14-9-12(16)3-4-13(14)17/h3-4,9,11H,5-8,10H2,1-2H3,(H,18,21). The fraction of sp³-hybridized carbons (Fsp3) is 0.533. The molecule has 1 N–H and O–H groups in total. The molecule has 0 atom stereocenters. The van der Waals surface area contributed by atoms with Gasteiger partial charge in [0.05, 0.1) is 10.7 Å². The maximum absolute atomic E-state index is 12.3. The van der Waals surface area contributed by atoms with Crippen LogP contribution in [-0.2, 0) is 0 Å². The molecule has 6 heteroatoms. The lowest BCUT2D eigenvalue weighted by Gasteiger charge is -2.35. The minimum Gasteiger partial charge on any atom is -0.322 e. The number of rotatable bonds is 3. The smallest absolute Gasteiger partial charge is 0.321 e. The van der Waals surface area contributed by atoms with Crippen molar-refractivity contribution in [2.45, 2.75) is 13.8 Å². The highest BCUT2D eigenvalue weighted by molar-refractivity contribution is 6.35. The number of amides is 2. The number of hydrogen-bond acceptors (Lipinski definition) is 2. The number of hydrogen-bond donors (Lipinski definition) is 1. The first-order valence-corrected chi connectivity index (χ1v) is 7.94. The van der Waals surface area contributed by atoms with E-state index >= 15 is 0 Å². The molecule has 1 saturated heterocycles. The summed E-state index contributed by atoms with van der Waals surface area (Å²) in [5.41, 5.74) is 0.554. The normalized spacial score (nSPS) is 16.3. The molecule has 1 aromatic carbocycles. The number of anilines is 1. The molecule has 1 aromatic rings. The molecule has 0 spiro atoms. The molecule has 0 radical (unpaired) electrons. The lowest BCUT2D eigenvalue weighted by molar-refractivity contribution is 0.138. The molecule has 1 aliphatic rings. The van der Waals surface area contributed by atoms with Crippen molar-refractivity contribution >= 4 is 34.9 Å². The molecular weight excluding hydrogens is 309 g/mol. The molecule has 2 amide bonds. The monoisotopic (exact) mass is 329 g/mol. The Labute approximate surface area is 136 Å². The van der Waals surface area contributed by atoms with Crippen LogP contribution in [0.1, 0.15) is 13.8 Å². The van der Waals surface area contributed by atoms with Crippen LogP contribution in [0.2, 0.25) is 10.0 Å². The van der Waals surface area contributed by atoms with E-state index in [2.05, 4.69) is 24.1 Å². The van der Waals surface area contributed by atoms with Crippen LogP contribution in [0.25, 0.3) is 0 Å². The van der Waals surface area contributed by atoms with Gasteiger partial charge in [0.1, 0.15) is 0 Å². The SMILES string of the molecule is CC(C)CN1CCN(C(=O)Nc2cc(Cl)ccc2Cl)CC1. The van der Waals surface area contributed by atoms with Gasteiger partial charge in [0.25, 0.3) is 0 Å². The molecule has 0 saturated carbocycles. The first kappa shape index (κ1) is 16.4. The van der Waals surface area contributed by atoms with Crippen molar-refractivity contribution in [3.05, 3.63) is 28.2 Å². The predicted octanol–water partition coefficient (Wildman–Crippen LogP) is 3.80. The van der Waals surface area contributed by atoms with Crippen molar-refractivity contribution < 1.29 is 4.79 Å². The van der Waals surface area contributed by atoms with Crippen LogP contribution in [0.5, 0.6) is 0 Å². The van der Waals surface area contributed by atoms with E-state index in [0.717, 1.165) is 32.7 Å². The quantitative estimate of drug-likeness (QED) is 0.915. The summed E-state index contributed by atoms with van der Waals surface area (Å²) in [6, 6.07) is 4.92. The van der Waals surface area contributed by atoms with E-state index in [0.29, 0.717) is 21.7 Å². The Balaban J connectivity index is 1.89. The molecule has 1 fully saturated rings. The number of carbonyl (C=O) groups is 1. The molecule has 0 bridgehead atoms. The Morgan fingerprint density at radius 2 is 1.90 bits per heavy atom. The molecule has 116 valence electrons. The van der Waals surface area contributed by atoms with E-state index < -0.39 is 0 Å². The summed E-state index contributed by atoms with van der Waals surface area (Å²) in [4.78, 5) is 16.5. The average Bonchev–Trinajstić information content (AvgIpc) is 2.43. The maximum Gasteiger partial charge on any atom is 0.321 e. The van der Waals surface area contributed by atoms with Crippen LogP contribution < -0.4 is 5.32 Å². The molecule has 2 rings (SSSR count). The molecule has 0 aromatic heterocycles. The summed E-state index contributed by atoms with van der Waals surface area (Å²) in [5, 5.41) is 3.87. The molecule has 21 heavy (non-hydrogen) atoms. The third kappa shape index (κ3) is 4.77. The number of nitrogens with zero attached hydrogens (tertiary/aromatic N) is 2. The van der Waals surface area contributed by atoms with Crippen molar-refractivity contribution in [1.82, 2.24) is 9.80 Å². The van der Waals surface area contributed by atoms with E-state index in [4.69, 9.17) is 23.2 Å². The van der Waals surface area contributed by atoms with E-state index in [1.807, 2.05) is 4.90 Å². The summed E-state index contributed by atoms with van der Waals surface area (Å²) in [7, 11) is 0. The molecule has 0 unspecified atom stereocenters. The number of carbonyl (C=O) groups excluding carboxylic acids is 1. The lowest BCUT2D eigenvalue weighted by atomic mass is 10.2. The second kappa shape index (κ2) is 7.34. The highest BCUT2D eigenvalue weighted by Gasteiger charge is 2.21. The van der Waals surface area contributed by atoms with E-state index in [9.17, 15) is 4.79 Å². The zero-order valence-electron chi connectivity index (χ0n) is 12.4. The van der Waals surface area contributed by atoms with E-state index in [1.165, 1.54) is 0 Å². The molecule has 1 heterocycles. The van der Waals surface area contributed by atoms with Gasteiger partial charge < -0.3 is 10.2 Å². The fourth-order valence-electron chi connectivity index (χ4n) is 2.44. The zero-order valence-corrected chi connectivity index (χ0v) is 13.9. The van der Waals surface area contributed by atoms with Gasteiger partial charge >= 0.3 is 6.03 Å². The van der Waals surface area contributed by atoms with Crippen LogP contribution in [0.3, 0.4) is 0 Å². The van der Waals surface area contributed by atoms with Crippen molar-refractivity contribution in [2.75, 3.05) is 38.0 Å². The Morgan fingerprint density at radius 3 is 2.52 bits per heavy atom. The topological polar surface area (TPSA) is 35.6 Å². The first-order chi connectivity index (χ1) is 9.95. The van der Waals surface area contributed by atoms with Gasteiger partial charge in [-0.2, -0.15) is 0 Å². The Hall–Kier alpha value is -0.970. The van der Waals surface area contributed by atoms with Crippen LogP contribution in [0, 0.1) is 5.92 Å².